The van der Waals surface area contributed by atoms with E-state index in [0.29, 0.717) is 0 Å². The molecule has 96 valence electrons. The molecule has 1 aromatic rings. The molecule has 1 atom stereocenters. The number of aryl methyl sites for hydroxylation is 1. The Morgan fingerprint density at radius 1 is 1.56 bits per heavy atom. The van der Waals surface area contributed by atoms with E-state index in [-0.39, 0.29) is 4.75 Å². The molecule has 0 aliphatic carbocycles. The first-order valence-corrected chi connectivity index (χ1v) is 7.15. The molecule has 0 aromatic carbocycles. The van der Waals surface area contributed by atoms with Crippen molar-refractivity contribution in [3.8, 4) is 11.8 Å². The number of hydrogen-bond donors (Lipinski definition) is 0. The average molecular weight is 262 g/mol. The third kappa shape index (κ3) is 2.32. The minimum atomic E-state index is -0.280. The van der Waals surface area contributed by atoms with Crippen LogP contribution >= 0.6 is 11.8 Å². The predicted molar refractivity (Wildman–Crippen MR) is 74.0 cm³/mol. The summed E-state index contributed by atoms with van der Waals surface area (Å²) in [5.41, 5.74) is 3.11. The van der Waals surface area contributed by atoms with Gasteiger partial charge in [0.1, 0.15) is 10.5 Å². The van der Waals surface area contributed by atoms with Crippen molar-refractivity contribution in [3.63, 3.8) is 0 Å². The molecule has 2 rings (SSSR count). The summed E-state index contributed by atoms with van der Waals surface area (Å²) >= 11 is 1.77. The van der Waals surface area contributed by atoms with E-state index in [0.717, 1.165) is 47.6 Å². The van der Waals surface area contributed by atoms with Gasteiger partial charge in [-0.05, 0) is 32.4 Å². The normalized spacial score (nSPS) is 22.8. The zero-order valence-electron chi connectivity index (χ0n) is 11.1. The zero-order chi connectivity index (χ0) is 13.2. The number of nitriles is 1. The Labute approximate surface area is 113 Å². The quantitative estimate of drug-likeness (QED) is 0.840. The van der Waals surface area contributed by atoms with Crippen LogP contribution in [0.5, 0.6) is 5.75 Å². The molecule has 0 N–H and O–H groups in total. The molecule has 1 aliphatic rings. The Bertz CT molecular complexity index is 487. The van der Waals surface area contributed by atoms with E-state index < -0.39 is 0 Å². The fourth-order valence-corrected chi connectivity index (χ4v) is 3.76. The molecular formula is C14H18N2OS. The first-order valence-electron chi connectivity index (χ1n) is 6.16. The molecule has 0 saturated carbocycles. The van der Waals surface area contributed by atoms with Crippen LogP contribution in [0.2, 0.25) is 0 Å². The highest BCUT2D eigenvalue weighted by Crippen LogP contribution is 2.41. The van der Waals surface area contributed by atoms with E-state index in [1.54, 1.807) is 18.9 Å². The molecular weight excluding hydrogens is 244 g/mol. The van der Waals surface area contributed by atoms with E-state index in [1.165, 1.54) is 0 Å². The number of ether oxygens (including phenoxy) is 1. The highest BCUT2D eigenvalue weighted by molar-refractivity contribution is 8.01. The van der Waals surface area contributed by atoms with Crippen LogP contribution in [-0.2, 0) is 6.42 Å². The molecule has 2 heterocycles. The van der Waals surface area contributed by atoms with Crippen molar-refractivity contribution in [2.45, 2.75) is 37.9 Å². The minimum absolute atomic E-state index is 0.280. The summed E-state index contributed by atoms with van der Waals surface area (Å²) in [6.45, 7) is 4.02. The number of methoxy groups -OCH3 is 1. The second-order valence-electron chi connectivity index (χ2n) is 4.78. The molecule has 1 saturated heterocycles. The predicted octanol–water partition coefficient (Wildman–Crippen LogP) is 3.04. The SMILES string of the molecule is COc1c(C)cnc(CC2(C#N)CCCS2)c1C. The fraction of sp³-hybridized carbons (Fsp3) is 0.571. The number of thioether (sulfide) groups is 1. The Morgan fingerprint density at radius 2 is 2.33 bits per heavy atom. The molecule has 1 fully saturated rings. The molecule has 0 spiro atoms. The Morgan fingerprint density at radius 3 is 2.89 bits per heavy atom. The maximum Gasteiger partial charge on any atom is 0.128 e. The molecule has 3 nitrogen and oxygen atoms in total. The lowest BCUT2D eigenvalue weighted by molar-refractivity contribution is 0.406. The van der Waals surface area contributed by atoms with Crippen LogP contribution in [0.1, 0.15) is 29.7 Å². The third-order valence-corrected chi connectivity index (χ3v) is 4.99. The van der Waals surface area contributed by atoms with Crippen LogP contribution in [0.15, 0.2) is 6.20 Å². The van der Waals surface area contributed by atoms with Crippen LogP contribution in [0, 0.1) is 25.2 Å². The standard InChI is InChI=1S/C14H18N2OS/c1-10-8-16-12(11(2)13(10)17-3)7-14(9-15)5-4-6-18-14/h8H,4-7H2,1-3H3. The largest absolute Gasteiger partial charge is 0.496 e. The summed E-state index contributed by atoms with van der Waals surface area (Å²) < 4.78 is 5.14. The molecule has 0 bridgehead atoms. The van der Waals surface area contributed by atoms with Gasteiger partial charge in [-0.15, -0.1) is 11.8 Å². The average Bonchev–Trinajstić information content (AvgIpc) is 2.83. The second-order valence-corrected chi connectivity index (χ2v) is 6.26. The fourth-order valence-electron chi connectivity index (χ4n) is 2.48. The zero-order valence-corrected chi connectivity index (χ0v) is 11.9. The molecule has 0 amide bonds. The highest BCUT2D eigenvalue weighted by atomic mass is 32.2. The van der Waals surface area contributed by atoms with Gasteiger partial charge < -0.3 is 4.74 Å². The van der Waals surface area contributed by atoms with Crippen LogP contribution in [0.3, 0.4) is 0 Å². The minimum Gasteiger partial charge on any atom is -0.496 e. The number of rotatable bonds is 3. The van der Waals surface area contributed by atoms with E-state index in [2.05, 4.69) is 11.1 Å². The first-order chi connectivity index (χ1) is 8.62. The third-order valence-electron chi connectivity index (χ3n) is 3.51. The Hall–Kier alpha value is -1.21. The number of aromatic nitrogens is 1. The van der Waals surface area contributed by atoms with Crippen molar-refractivity contribution in [2.24, 2.45) is 0 Å². The van der Waals surface area contributed by atoms with E-state index in [4.69, 9.17) is 4.74 Å². The Kier molecular flexibility index (Phi) is 3.82. The van der Waals surface area contributed by atoms with Gasteiger partial charge in [-0.3, -0.25) is 4.98 Å². The lowest BCUT2D eigenvalue weighted by atomic mass is 9.96. The van der Waals surface area contributed by atoms with Gasteiger partial charge in [0.2, 0.25) is 0 Å². The maximum atomic E-state index is 9.42. The molecule has 1 unspecified atom stereocenters. The number of nitrogens with zero attached hydrogens (tertiary/aromatic N) is 2. The van der Waals surface area contributed by atoms with Crippen molar-refractivity contribution >= 4 is 11.8 Å². The van der Waals surface area contributed by atoms with Crippen molar-refractivity contribution in [1.29, 1.82) is 5.26 Å². The molecule has 18 heavy (non-hydrogen) atoms. The second kappa shape index (κ2) is 5.19. The number of pyridine rings is 1. The lowest BCUT2D eigenvalue weighted by Crippen LogP contribution is -2.23. The van der Waals surface area contributed by atoms with E-state index in [1.807, 2.05) is 20.0 Å². The van der Waals surface area contributed by atoms with Crippen LogP contribution in [0.4, 0.5) is 0 Å². The molecule has 4 heteroatoms. The first kappa shape index (κ1) is 13.2. The van der Waals surface area contributed by atoms with Crippen molar-refractivity contribution in [1.82, 2.24) is 4.98 Å². The summed E-state index contributed by atoms with van der Waals surface area (Å²) in [7, 11) is 1.68. The van der Waals surface area contributed by atoms with Crippen LogP contribution in [-0.4, -0.2) is 22.6 Å². The lowest BCUT2D eigenvalue weighted by Gasteiger charge is -2.21. The van der Waals surface area contributed by atoms with Gasteiger partial charge in [0, 0.05) is 29.4 Å². The van der Waals surface area contributed by atoms with E-state index in [9.17, 15) is 5.26 Å². The monoisotopic (exact) mass is 262 g/mol. The summed E-state index contributed by atoms with van der Waals surface area (Å²) in [5, 5.41) is 9.42. The molecule has 0 radical (unpaired) electrons. The van der Waals surface area contributed by atoms with Gasteiger partial charge in [-0.25, -0.2) is 0 Å². The van der Waals surface area contributed by atoms with Crippen molar-refractivity contribution in [3.05, 3.63) is 23.0 Å². The summed E-state index contributed by atoms with van der Waals surface area (Å²) in [5.74, 6) is 1.98. The summed E-state index contributed by atoms with van der Waals surface area (Å²) in [4.78, 5) is 4.50. The molecule has 1 aromatic heterocycles. The van der Waals surface area contributed by atoms with Gasteiger partial charge in [0.15, 0.2) is 0 Å². The highest BCUT2D eigenvalue weighted by Gasteiger charge is 2.36. The van der Waals surface area contributed by atoms with Gasteiger partial charge >= 0.3 is 0 Å². The smallest absolute Gasteiger partial charge is 0.128 e. The summed E-state index contributed by atoms with van der Waals surface area (Å²) in [6.07, 6.45) is 4.65. The van der Waals surface area contributed by atoms with Crippen LogP contribution in [0.25, 0.3) is 0 Å². The topological polar surface area (TPSA) is 45.9 Å². The maximum absolute atomic E-state index is 9.42. The van der Waals surface area contributed by atoms with Gasteiger partial charge in [0.25, 0.3) is 0 Å². The summed E-state index contributed by atoms with van der Waals surface area (Å²) in [6, 6.07) is 2.49. The van der Waals surface area contributed by atoms with Gasteiger partial charge in [-0.2, -0.15) is 5.26 Å². The van der Waals surface area contributed by atoms with E-state index >= 15 is 0 Å². The van der Waals surface area contributed by atoms with Crippen LogP contribution < -0.4 is 4.74 Å². The van der Waals surface area contributed by atoms with Crippen molar-refractivity contribution in [2.75, 3.05) is 12.9 Å². The van der Waals surface area contributed by atoms with Gasteiger partial charge in [-0.1, -0.05) is 0 Å². The number of hydrogen-bond acceptors (Lipinski definition) is 4. The van der Waals surface area contributed by atoms with Gasteiger partial charge in [0.05, 0.1) is 13.2 Å². The van der Waals surface area contributed by atoms with Crippen molar-refractivity contribution < 1.29 is 4.74 Å². The molecule has 1 aliphatic heterocycles. The Balaban J connectivity index is 2.32.